The van der Waals surface area contributed by atoms with Crippen LogP contribution in [-0.2, 0) is 11.8 Å². The van der Waals surface area contributed by atoms with Crippen LogP contribution in [0.25, 0.3) is 11.3 Å². The highest BCUT2D eigenvalue weighted by Gasteiger charge is 2.08. The van der Waals surface area contributed by atoms with Gasteiger partial charge in [-0.25, -0.2) is 9.97 Å². The molecule has 0 aromatic carbocycles. The molecule has 0 radical (unpaired) electrons. The molecule has 0 saturated heterocycles. The quantitative estimate of drug-likeness (QED) is 0.879. The van der Waals surface area contributed by atoms with Gasteiger partial charge in [0.15, 0.2) is 0 Å². The van der Waals surface area contributed by atoms with E-state index in [1.807, 2.05) is 48.1 Å². The topological polar surface area (TPSA) is 71.2 Å². The van der Waals surface area contributed by atoms with Crippen LogP contribution in [-0.4, -0.2) is 39.2 Å². The molecule has 2 heterocycles. The summed E-state index contributed by atoms with van der Waals surface area (Å²) in [6, 6.07) is 3.83. The molecule has 0 fully saturated rings. The molecule has 0 aliphatic rings. The summed E-state index contributed by atoms with van der Waals surface area (Å²) in [5.41, 5.74) is 1.84. The van der Waals surface area contributed by atoms with Crippen LogP contribution >= 0.6 is 0 Å². The molecular weight excluding hydrogens is 244 g/mol. The number of carboxylic acids is 1. The van der Waals surface area contributed by atoms with Crippen LogP contribution in [0.2, 0.25) is 0 Å². The van der Waals surface area contributed by atoms with E-state index >= 15 is 0 Å². The first-order chi connectivity index (χ1) is 9.06. The summed E-state index contributed by atoms with van der Waals surface area (Å²) < 4.78 is 1.95. The van der Waals surface area contributed by atoms with Crippen molar-refractivity contribution in [3.05, 3.63) is 30.9 Å². The van der Waals surface area contributed by atoms with Crippen LogP contribution in [0.5, 0.6) is 0 Å². The predicted molar refractivity (Wildman–Crippen MR) is 72.0 cm³/mol. The molecule has 0 amide bonds. The van der Waals surface area contributed by atoms with Gasteiger partial charge in [0.2, 0.25) is 0 Å². The number of carbonyl (C=O) groups is 1. The van der Waals surface area contributed by atoms with Crippen LogP contribution in [0.15, 0.2) is 30.9 Å². The van der Waals surface area contributed by atoms with Gasteiger partial charge in [-0.1, -0.05) is 0 Å². The second kappa shape index (κ2) is 5.51. The second-order valence-electron chi connectivity index (χ2n) is 4.39. The van der Waals surface area contributed by atoms with Crippen LogP contribution in [0.1, 0.15) is 6.42 Å². The summed E-state index contributed by atoms with van der Waals surface area (Å²) >= 11 is 0. The van der Waals surface area contributed by atoms with E-state index in [9.17, 15) is 4.79 Å². The summed E-state index contributed by atoms with van der Waals surface area (Å²) in [6.45, 7) is 0.417. The maximum atomic E-state index is 10.6. The van der Waals surface area contributed by atoms with E-state index < -0.39 is 5.97 Å². The lowest BCUT2D eigenvalue weighted by Gasteiger charge is -2.17. The maximum absolute atomic E-state index is 10.6. The minimum absolute atomic E-state index is 0.0845. The van der Waals surface area contributed by atoms with Crippen molar-refractivity contribution >= 4 is 11.8 Å². The number of aliphatic carboxylic acids is 1. The molecule has 0 aliphatic heterocycles. The molecule has 100 valence electrons. The minimum Gasteiger partial charge on any atom is -0.481 e. The lowest BCUT2D eigenvalue weighted by Crippen LogP contribution is -2.22. The standard InChI is InChI=1S/C13H16N4O2/c1-16-5-3-10(8-16)11-7-12(15-9-14-11)17(2)6-4-13(18)19/h3,5,7-9H,4,6H2,1-2H3,(H,18,19). The van der Waals surface area contributed by atoms with Gasteiger partial charge in [0.05, 0.1) is 12.1 Å². The third-order valence-electron chi connectivity index (χ3n) is 2.83. The Kier molecular flexibility index (Phi) is 3.79. The Balaban J connectivity index is 2.17. The van der Waals surface area contributed by atoms with Crippen molar-refractivity contribution in [3.63, 3.8) is 0 Å². The average molecular weight is 260 g/mol. The number of aryl methyl sites for hydroxylation is 1. The Morgan fingerprint density at radius 2 is 2.26 bits per heavy atom. The Morgan fingerprint density at radius 3 is 2.89 bits per heavy atom. The van der Waals surface area contributed by atoms with Crippen molar-refractivity contribution in [2.75, 3.05) is 18.5 Å². The fourth-order valence-corrected chi connectivity index (χ4v) is 1.75. The van der Waals surface area contributed by atoms with E-state index in [4.69, 9.17) is 5.11 Å². The highest BCUT2D eigenvalue weighted by Crippen LogP contribution is 2.20. The lowest BCUT2D eigenvalue weighted by molar-refractivity contribution is -0.136. The van der Waals surface area contributed by atoms with Gasteiger partial charge in [-0.3, -0.25) is 4.79 Å². The van der Waals surface area contributed by atoms with Crippen molar-refractivity contribution < 1.29 is 9.90 Å². The molecule has 19 heavy (non-hydrogen) atoms. The highest BCUT2D eigenvalue weighted by atomic mass is 16.4. The van der Waals surface area contributed by atoms with Gasteiger partial charge in [0.1, 0.15) is 12.1 Å². The summed E-state index contributed by atoms with van der Waals surface area (Å²) in [4.78, 5) is 20.8. The van der Waals surface area contributed by atoms with E-state index in [0.29, 0.717) is 6.54 Å². The van der Waals surface area contributed by atoms with Gasteiger partial charge in [-0.15, -0.1) is 0 Å². The highest BCUT2D eigenvalue weighted by molar-refractivity contribution is 5.68. The molecule has 0 aliphatic carbocycles. The number of hydrogen-bond donors (Lipinski definition) is 1. The molecular formula is C13H16N4O2. The normalized spacial score (nSPS) is 10.4. The fourth-order valence-electron chi connectivity index (χ4n) is 1.75. The van der Waals surface area contributed by atoms with Crippen molar-refractivity contribution in [1.82, 2.24) is 14.5 Å². The first-order valence-corrected chi connectivity index (χ1v) is 5.93. The summed E-state index contributed by atoms with van der Waals surface area (Å²) in [5.74, 6) is -0.0979. The third kappa shape index (κ3) is 3.31. The first kappa shape index (κ1) is 13.1. The summed E-state index contributed by atoms with van der Waals surface area (Å²) in [7, 11) is 3.77. The van der Waals surface area contributed by atoms with Crippen LogP contribution < -0.4 is 4.90 Å². The molecule has 0 atom stereocenters. The van der Waals surface area contributed by atoms with Gasteiger partial charge in [0, 0.05) is 44.7 Å². The number of carboxylic acid groups (broad SMARTS) is 1. The zero-order valence-electron chi connectivity index (χ0n) is 10.9. The fraction of sp³-hybridized carbons (Fsp3) is 0.308. The summed E-state index contributed by atoms with van der Waals surface area (Å²) in [6.07, 6.45) is 5.50. The van der Waals surface area contributed by atoms with Gasteiger partial charge in [-0.05, 0) is 6.07 Å². The zero-order valence-corrected chi connectivity index (χ0v) is 10.9. The van der Waals surface area contributed by atoms with E-state index in [2.05, 4.69) is 9.97 Å². The third-order valence-corrected chi connectivity index (χ3v) is 2.83. The molecule has 2 rings (SSSR count). The van der Waals surface area contributed by atoms with Crippen molar-refractivity contribution in [2.45, 2.75) is 6.42 Å². The molecule has 0 saturated carbocycles. The van der Waals surface area contributed by atoms with Crippen LogP contribution in [0.3, 0.4) is 0 Å². The average Bonchev–Trinajstić information content (AvgIpc) is 2.83. The molecule has 2 aromatic heterocycles. The Bertz CT molecular complexity index is 580. The minimum atomic E-state index is -0.816. The molecule has 2 aromatic rings. The number of aromatic nitrogens is 3. The van der Waals surface area contributed by atoms with Gasteiger partial charge >= 0.3 is 5.97 Å². The van der Waals surface area contributed by atoms with Crippen molar-refractivity contribution in [2.24, 2.45) is 7.05 Å². The predicted octanol–water partition coefficient (Wildman–Crippen LogP) is 1.39. The van der Waals surface area contributed by atoms with E-state index in [1.165, 1.54) is 6.33 Å². The smallest absolute Gasteiger partial charge is 0.305 e. The molecule has 0 spiro atoms. The van der Waals surface area contributed by atoms with Crippen LogP contribution in [0.4, 0.5) is 5.82 Å². The Hall–Kier alpha value is -2.37. The van der Waals surface area contributed by atoms with Gasteiger partial charge < -0.3 is 14.6 Å². The number of nitrogens with zero attached hydrogens (tertiary/aromatic N) is 4. The zero-order chi connectivity index (χ0) is 13.8. The molecule has 0 bridgehead atoms. The number of hydrogen-bond acceptors (Lipinski definition) is 4. The molecule has 6 nitrogen and oxygen atoms in total. The van der Waals surface area contributed by atoms with E-state index in [1.54, 1.807) is 0 Å². The summed E-state index contributed by atoms with van der Waals surface area (Å²) in [5, 5.41) is 8.68. The van der Waals surface area contributed by atoms with Crippen molar-refractivity contribution in [1.29, 1.82) is 0 Å². The molecule has 1 N–H and O–H groups in total. The van der Waals surface area contributed by atoms with Gasteiger partial charge in [0.25, 0.3) is 0 Å². The molecule has 0 unspecified atom stereocenters. The van der Waals surface area contributed by atoms with E-state index in [-0.39, 0.29) is 6.42 Å². The number of anilines is 1. The Morgan fingerprint density at radius 1 is 1.47 bits per heavy atom. The van der Waals surface area contributed by atoms with Gasteiger partial charge in [-0.2, -0.15) is 0 Å². The largest absolute Gasteiger partial charge is 0.481 e. The maximum Gasteiger partial charge on any atom is 0.305 e. The first-order valence-electron chi connectivity index (χ1n) is 5.93. The number of rotatable bonds is 5. The van der Waals surface area contributed by atoms with E-state index in [0.717, 1.165) is 17.1 Å². The molecule has 6 heteroatoms. The Labute approximate surface area is 111 Å². The SMILES string of the molecule is CN(CCC(=O)O)c1cc(-c2ccn(C)c2)ncn1. The monoisotopic (exact) mass is 260 g/mol. The lowest BCUT2D eigenvalue weighted by atomic mass is 10.2. The van der Waals surface area contributed by atoms with Crippen LogP contribution in [0, 0.1) is 0 Å². The van der Waals surface area contributed by atoms with Crippen molar-refractivity contribution in [3.8, 4) is 11.3 Å². The second-order valence-corrected chi connectivity index (χ2v) is 4.39.